The second kappa shape index (κ2) is 11.0. The van der Waals surface area contributed by atoms with E-state index in [9.17, 15) is 0 Å². The summed E-state index contributed by atoms with van der Waals surface area (Å²) in [6.45, 7) is 3.05. The van der Waals surface area contributed by atoms with Crippen molar-refractivity contribution >= 4 is 45.9 Å². The van der Waals surface area contributed by atoms with Crippen LogP contribution in [0.15, 0.2) is 58.1 Å². The summed E-state index contributed by atoms with van der Waals surface area (Å²) >= 11 is 3.53. The zero-order valence-electron chi connectivity index (χ0n) is 15.5. The highest BCUT2D eigenvalue weighted by Gasteiger charge is 2.34. The number of nitrogens with zero attached hydrogens (tertiary/aromatic N) is 2. The second-order valence-corrected chi connectivity index (χ2v) is 7.42. The minimum absolute atomic E-state index is 0. The Morgan fingerprint density at radius 3 is 2.52 bits per heavy atom. The molecule has 1 aliphatic heterocycles. The number of pyridine rings is 1. The Balaban J connectivity index is 0.00000261. The van der Waals surface area contributed by atoms with Gasteiger partial charge in [-0.3, -0.25) is 9.98 Å². The average Bonchev–Trinajstić information content (AvgIpc) is 2.70. The number of aromatic nitrogens is 1. The summed E-state index contributed by atoms with van der Waals surface area (Å²) in [5.41, 5.74) is 2.39. The molecule has 2 N–H and O–H groups in total. The first-order valence-electron chi connectivity index (χ1n) is 8.90. The molecule has 3 rings (SSSR count). The molecule has 146 valence electrons. The molecule has 0 aliphatic carbocycles. The number of rotatable bonds is 5. The summed E-state index contributed by atoms with van der Waals surface area (Å²) in [5.74, 6) is 0.790. The molecule has 0 amide bonds. The van der Waals surface area contributed by atoms with E-state index in [1.165, 1.54) is 5.56 Å². The summed E-state index contributed by atoms with van der Waals surface area (Å²) < 4.78 is 6.72. The predicted molar refractivity (Wildman–Crippen MR) is 124 cm³/mol. The number of hydrogen-bond acceptors (Lipinski definition) is 3. The van der Waals surface area contributed by atoms with Crippen LogP contribution in [0.4, 0.5) is 0 Å². The molecule has 27 heavy (non-hydrogen) atoms. The van der Waals surface area contributed by atoms with Gasteiger partial charge in [-0.1, -0.05) is 34.1 Å². The topological polar surface area (TPSA) is 58.5 Å². The fraction of sp³-hybridized carbons (Fsp3) is 0.400. The molecular formula is C20H26BrIN4O. The van der Waals surface area contributed by atoms with E-state index in [1.54, 1.807) is 13.2 Å². The highest BCUT2D eigenvalue weighted by molar-refractivity contribution is 14.0. The third kappa shape index (κ3) is 6.15. The third-order valence-corrected chi connectivity index (χ3v) is 5.42. The van der Waals surface area contributed by atoms with Crippen LogP contribution < -0.4 is 10.6 Å². The van der Waals surface area contributed by atoms with E-state index in [2.05, 4.69) is 60.8 Å². The molecule has 7 heteroatoms. The molecule has 1 saturated heterocycles. The fourth-order valence-corrected chi connectivity index (χ4v) is 3.55. The Bertz CT molecular complexity index is 719. The zero-order chi connectivity index (χ0) is 18.2. The predicted octanol–water partition coefficient (Wildman–Crippen LogP) is 3.88. The van der Waals surface area contributed by atoms with Gasteiger partial charge in [0, 0.05) is 42.9 Å². The van der Waals surface area contributed by atoms with Crippen LogP contribution in [0, 0.1) is 0 Å². The van der Waals surface area contributed by atoms with Gasteiger partial charge in [0.15, 0.2) is 5.96 Å². The summed E-state index contributed by atoms with van der Waals surface area (Å²) in [4.78, 5) is 8.69. The number of halogens is 2. The Labute approximate surface area is 186 Å². The molecule has 2 heterocycles. The van der Waals surface area contributed by atoms with Gasteiger partial charge >= 0.3 is 0 Å². The van der Waals surface area contributed by atoms with E-state index < -0.39 is 0 Å². The van der Waals surface area contributed by atoms with Crippen molar-refractivity contribution in [3.8, 4) is 0 Å². The van der Waals surface area contributed by atoms with Crippen molar-refractivity contribution < 1.29 is 4.74 Å². The highest BCUT2D eigenvalue weighted by Crippen LogP contribution is 2.34. The van der Waals surface area contributed by atoms with Crippen molar-refractivity contribution in [1.29, 1.82) is 0 Å². The van der Waals surface area contributed by atoms with E-state index in [1.807, 2.05) is 18.2 Å². The minimum Gasteiger partial charge on any atom is -0.381 e. The Morgan fingerprint density at radius 1 is 1.15 bits per heavy atom. The molecule has 2 aromatic rings. The first-order valence-corrected chi connectivity index (χ1v) is 9.69. The van der Waals surface area contributed by atoms with Gasteiger partial charge in [0.25, 0.3) is 0 Å². The van der Waals surface area contributed by atoms with Crippen LogP contribution in [-0.2, 0) is 16.7 Å². The lowest BCUT2D eigenvalue weighted by atomic mass is 9.74. The zero-order valence-corrected chi connectivity index (χ0v) is 19.4. The summed E-state index contributed by atoms with van der Waals surface area (Å²) in [5, 5.41) is 6.85. The van der Waals surface area contributed by atoms with Gasteiger partial charge in [-0.25, -0.2) is 0 Å². The van der Waals surface area contributed by atoms with Gasteiger partial charge in [-0.2, -0.15) is 0 Å². The molecule has 1 fully saturated rings. The van der Waals surface area contributed by atoms with E-state index in [-0.39, 0.29) is 29.4 Å². The van der Waals surface area contributed by atoms with Crippen LogP contribution in [-0.4, -0.2) is 37.7 Å². The largest absolute Gasteiger partial charge is 0.381 e. The summed E-state index contributed by atoms with van der Waals surface area (Å²) in [7, 11) is 1.80. The van der Waals surface area contributed by atoms with Crippen LogP contribution in [0.1, 0.15) is 24.1 Å². The van der Waals surface area contributed by atoms with Crippen LogP contribution in [0.5, 0.6) is 0 Å². The molecule has 0 spiro atoms. The number of aliphatic imine (C=N–C) groups is 1. The van der Waals surface area contributed by atoms with Crippen LogP contribution in [0.2, 0.25) is 0 Å². The maximum Gasteiger partial charge on any atom is 0.191 e. The number of benzene rings is 1. The summed E-state index contributed by atoms with van der Waals surface area (Å²) in [6, 6.07) is 14.6. The van der Waals surface area contributed by atoms with E-state index in [0.717, 1.165) is 48.7 Å². The highest BCUT2D eigenvalue weighted by atomic mass is 127. The van der Waals surface area contributed by atoms with E-state index in [0.29, 0.717) is 6.54 Å². The molecule has 0 unspecified atom stereocenters. The van der Waals surface area contributed by atoms with Crippen molar-refractivity contribution in [1.82, 2.24) is 15.6 Å². The maximum atomic E-state index is 5.62. The van der Waals surface area contributed by atoms with Gasteiger partial charge < -0.3 is 15.4 Å². The van der Waals surface area contributed by atoms with Crippen molar-refractivity contribution in [2.45, 2.75) is 24.8 Å². The number of hydrogen-bond donors (Lipinski definition) is 2. The smallest absolute Gasteiger partial charge is 0.191 e. The fourth-order valence-electron chi connectivity index (χ4n) is 3.28. The molecule has 0 atom stereocenters. The third-order valence-electron chi connectivity index (χ3n) is 4.89. The van der Waals surface area contributed by atoms with Crippen LogP contribution in [0.3, 0.4) is 0 Å². The first kappa shape index (κ1) is 22.1. The lowest BCUT2D eigenvalue weighted by Crippen LogP contribution is -2.48. The molecule has 0 saturated carbocycles. The Kier molecular flexibility index (Phi) is 8.98. The van der Waals surface area contributed by atoms with Gasteiger partial charge in [0.2, 0.25) is 0 Å². The second-order valence-electron chi connectivity index (χ2n) is 6.50. The average molecular weight is 545 g/mol. The minimum atomic E-state index is 0. The number of guanidine groups is 1. The van der Waals surface area contributed by atoms with Crippen molar-refractivity contribution in [2.24, 2.45) is 4.99 Å². The lowest BCUT2D eigenvalue weighted by Gasteiger charge is -2.38. The quantitative estimate of drug-likeness (QED) is 0.341. The Hall–Kier alpha value is -1.19. The summed E-state index contributed by atoms with van der Waals surface area (Å²) in [6.07, 6.45) is 3.80. The van der Waals surface area contributed by atoms with Gasteiger partial charge in [0.05, 0.1) is 12.2 Å². The van der Waals surface area contributed by atoms with Crippen molar-refractivity contribution in [3.05, 3.63) is 64.4 Å². The van der Waals surface area contributed by atoms with Crippen LogP contribution >= 0.6 is 39.9 Å². The van der Waals surface area contributed by atoms with Crippen molar-refractivity contribution in [2.75, 3.05) is 26.8 Å². The number of ether oxygens (including phenoxy) is 1. The standard InChI is InChI=1S/C20H25BrN4O.HI/c1-22-19(24-14-18-4-2-3-11-23-18)25-15-20(9-12-26-13-10-20)16-5-7-17(21)8-6-16;/h2-8,11H,9-10,12-15H2,1H3,(H2,22,24,25);1H. The molecule has 0 radical (unpaired) electrons. The monoisotopic (exact) mass is 544 g/mol. The SMILES string of the molecule is CN=C(NCc1ccccn1)NCC1(c2ccc(Br)cc2)CCOCC1.I. The van der Waals surface area contributed by atoms with E-state index >= 15 is 0 Å². The molecule has 1 aromatic heterocycles. The van der Waals surface area contributed by atoms with Gasteiger partial charge in [0.1, 0.15) is 0 Å². The Morgan fingerprint density at radius 2 is 1.89 bits per heavy atom. The maximum absolute atomic E-state index is 5.62. The van der Waals surface area contributed by atoms with E-state index in [4.69, 9.17) is 4.74 Å². The molecule has 1 aliphatic rings. The molecule has 0 bridgehead atoms. The van der Waals surface area contributed by atoms with Crippen molar-refractivity contribution in [3.63, 3.8) is 0 Å². The molecule has 1 aromatic carbocycles. The van der Waals surface area contributed by atoms with Crippen LogP contribution in [0.25, 0.3) is 0 Å². The lowest BCUT2D eigenvalue weighted by molar-refractivity contribution is 0.0514. The number of nitrogens with one attached hydrogen (secondary N) is 2. The molecular weight excluding hydrogens is 519 g/mol. The normalized spacial score (nSPS) is 16.3. The first-order chi connectivity index (χ1) is 12.7. The van der Waals surface area contributed by atoms with Gasteiger partial charge in [-0.05, 0) is 42.7 Å². The molecule has 5 nitrogen and oxygen atoms in total. The van der Waals surface area contributed by atoms with Gasteiger partial charge in [-0.15, -0.1) is 24.0 Å².